The summed E-state index contributed by atoms with van der Waals surface area (Å²) < 4.78 is 0. The lowest BCUT2D eigenvalue weighted by Gasteiger charge is -2.23. The molecule has 1 aliphatic carbocycles. The third-order valence-corrected chi connectivity index (χ3v) is 4.26. The molecule has 3 N–H and O–H groups in total. The third kappa shape index (κ3) is 6.33. The van der Waals surface area contributed by atoms with Crippen LogP contribution in [0.25, 0.3) is 0 Å². The highest BCUT2D eigenvalue weighted by atomic mass is 16.4. The number of nitrogens with one attached hydrogen (secondary N) is 2. The molecule has 0 radical (unpaired) electrons. The lowest BCUT2D eigenvalue weighted by atomic mass is 9.95. The van der Waals surface area contributed by atoms with E-state index >= 15 is 0 Å². The fourth-order valence-corrected chi connectivity index (χ4v) is 2.86. The first-order valence-electron chi connectivity index (χ1n) is 8.08. The highest BCUT2D eigenvalue weighted by Gasteiger charge is 2.30. The van der Waals surface area contributed by atoms with Crippen molar-refractivity contribution in [3.8, 4) is 0 Å². The van der Waals surface area contributed by atoms with E-state index in [0.29, 0.717) is 13.0 Å². The number of aliphatic carboxylic acids is 1. The summed E-state index contributed by atoms with van der Waals surface area (Å²) in [6.45, 7) is 7.50. The van der Waals surface area contributed by atoms with E-state index in [9.17, 15) is 14.7 Å². The third-order valence-electron chi connectivity index (χ3n) is 4.26. The van der Waals surface area contributed by atoms with E-state index in [0.717, 1.165) is 45.3 Å². The summed E-state index contributed by atoms with van der Waals surface area (Å²) in [4.78, 5) is 25.4. The number of nitrogens with zero attached hydrogens (tertiary/aromatic N) is 1. The van der Waals surface area contributed by atoms with Crippen molar-refractivity contribution in [3.05, 3.63) is 0 Å². The van der Waals surface area contributed by atoms with Crippen molar-refractivity contribution in [3.63, 3.8) is 0 Å². The fourth-order valence-electron chi connectivity index (χ4n) is 2.86. The molecule has 0 aromatic rings. The lowest BCUT2D eigenvalue weighted by Crippen LogP contribution is -2.48. The zero-order chi connectivity index (χ0) is 15.7. The molecule has 0 aromatic carbocycles. The first-order valence-corrected chi connectivity index (χ1v) is 8.08. The van der Waals surface area contributed by atoms with Gasteiger partial charge in [-0.3, -0.25) is 4.79 Å². The van der Waals surface area contributed by atoms with Crippen LogP contribution in [-0.2, 0) is 4.79 Å². The second-order valence-electron chi connectivity index (χ2n) is 5.62. The van der Waals surface area contributed by atoms with Gasteiger partial charge in [0.05, 0.1) is 5.92 Å². The summed E-state index contributed by atoms with van der Waals surface area (Å²) in [5, 5.41) is 15.0. The number of hydrogen-bond donors (Lipinski definition) is 3. The van der Waals surface area contributed by atoms with Crippen molar-refractivity contribution < 1.29 is 14.7 Å². The quantitative estimate of drug-likeness (QED) is 0.624. The maximum Gasteiger partial charge on any atom is 0.315 e. The van der Waals surface area contributed by atoms with E-state index in [1.807, 2.05) is 0 Å². The van der Waals surface area contributed by atoms with E-state index in [1.54, 1.807) is 0 Å². The van der Waals surface area contributed by atoms with Crippen LogP contribution in [-0.4, -0.2) is 54.2 Å². The molecule has 0 aromatic heterocycles. The van der Waals surface area contributed by atoms with E-state index in [4.69, 9.17) is 0 Å². The summed E-state index contributed by atoms with van der Waals surface area (Å²) in [7, 11) is 0. The summed E-state index contributed by atoms with van der Waals surface area (Å²) in [6, 6.07) is -0.501. The molecular weight excluding hydrogens is 270 g/mol. The predicted molar refractivity (Wildman–Crippen MR) is 82.3 cm³/mol. The van der Waals surface area contributed by atoms with Crippen LogP contribution in [0.2, 0.25) is 0 Å². The van der Waals surface area contributed by atoms with Crippen LogP contribution in [0.15, 0.2) is 0 Å². The van der Waals surface area contributed by atoms with Crippen LogP contribution < -0.4 is 10.6 Å². The zero-order valence-electron chi connectivity index (χ0n) is 13.2. The Kier molecular flexibility index (Phi) is 8.12. The average molecular weight is 299 g/mol. The molecule has 1 saturated carbocycles. The normalized spacial score (nSPS) is 22.6. The molecule has 2 atom stereocenters. The molecule has 1 fully saturated rings. The van der Waals surface area contributed by atoms with Gasteiger partial charge < -0.3 is 20.6 Å². The van der Waals surface area contributed by atoms with Crippen LogP contribution in [0.4, 0.5) is 4.79 Å². The Balaban J connectivity index is 2.38. The SMILES string of the molecule is CCN(CC)CCNC(=O)NC1CCCCCC1C(=O)O. The van der Waals surface area contributed by atoms with Gasteiger partial charge in [0.15, 0.2) is 0 Å². The molecule has 1 aliphatic rings. The molecular formula is C15H29N3O3. The molecule has 0 saturated heterocycles. The van der Waals surface area contributed by atoms with Gasteiger partial charge in [-0.05, 0) is 25.9 Å². The largest absolute Gasteiger partial charge is 0.481 e. The summed E-state index contributed by atoms with van der Waals surface area (Å²) in [5.41, 5.74) is 0. The molecule has 6 nitrogen and oxygen atoms in total. The topological polar surface area (TPSA) is 81.7 Å². The molecule has 0 spiro atoms. The van der Waals surface area contributed by atoms with Crippen molar-refractivity contribution in [1.29, 1.82) is 0 Å². The number of amides is 2. The molecule has 0 aliphatic heterocycles. The number of rotatable bonds is 7. The molecule has 0 bridgehead atoms. The number of carboxylic acid groups (broad SMARTS) is 1. The second-order valence-corrected chi connectivity index (χ2v) is 5.62. The highest BCUT2D eigenvalue weighted by molar-refractivity contribution is 5.76. The molecule has 2 amide bonds. The van der Waals surface area contributed by atoms with Crippen LogP contribution in [0.1, 0.15) is 46.0 Å². The van der Waals surface area contributed by atoms with Crippen molar-refractivity contribution in [2.24, 2.45) is 5.92 Å². The first kappa shape index (κ1) is 17.8. The summed E-state index contributed by atoms with van der Waals surface area (Å²) in [6.07, 6.45) is 4.36. The molecule has 0 heterocycles. The van der Waals surface area contributed by atoms with Crippen molar-refractivity contribution in [1.82, 2.24) is 15.5 Å². The lowest BCUT2D eigenvalue weighted by molar-refractivity contribution is -0.142. The number of carbonyl (C=O) groups is 2. The van der Waals surface area contributed by atoms with E-state index < -0.39 is 11.9 Å². The van der Waals surface area contributed by atoms with E-state index in [2.05, 4.69) is 29.4 Å². The number of urea groups is 1. The Labute approximate surface area is 127 Å². The maximum absolute atomic E-state index is 11.9. The van der Waals surface area contributed by atoms with Gasteiger partial charge in [-0.15, -0.1) is 0 Å². The average Bonchev–Trinajstić information content (AvgIpc) is 2.69. The van der Waals surface area contributed by atoms with Crippen molar-refractivity contribution >= 4 is 12.0 Å². The van der Waals surface area contributed by atoms with Crippen LogP contribution in [0, 0.1) is 5.92 Å². The monoisotopic (exact) mass is 299 g/mol. The fraction of sp³-hybridized carbons (Fsp3) is 0.867. The van der Waals surface area contributed by atoms with Gasteiger partial charge in [0.25, 0.3) is 0 Å². The number of hydrogen-bond acceptors (Lipinski definition) is 3. The van der Waals surface area contributed by atoms with Crippen molar-refractivity contribution in [2.45, 2.75) is 52.0 Å². The Morgan fingerprint density at radius 1 is 1.14 bits per heavy atom. The Hall–Kier alpha value is -1.30. The molecule has 122 valence electrons. The van der Waals surface area contributed by atoms with Gasteiger partial charge in [0, 0.05) is 19.1 Å². The van der Waals surface area contributed by atoms with Gasteiger partial charge in [0.2, 0.25) is 0 Å². The van der Waals surface area contributed by atoms with Crippen LogP contribution in [0.3, 0.4) is 0 Å². The number of carboxylic acids is 1. The molecule has 21 heavy (non-hydrogen) atoms. The van der Waals surface area contributed by atoms with E-state index in [1.165, 1.54) is 0 Å². The highest BCUT2D eigenvalue weighted by Crippen LogP contribution is 2.23. The smallest absolute Gasteiger partial charge is 0.315 e. The minimum atomic E-state index is -0.801. The number of carbonyl (C=O) groups excluding carboxylic acids is 1. The first-order chi connectivity index (χ1) is 10.1. The predicted octanol–water partition coefficient (Wildman–Crippen LogP) is 1.66. The minimum absolute atomic E-state index is 0.250. The van der Waals surface area contributed by atoms with Crippen LogP contribution in [0.5, 0.6) is 0 Å². The Morgan fingerprint density at radius 3 is 2.43 bits per heavy atom. The number of likely N-dealkylation sites (N-methyl/N-ethyl adjacent to an activating group) is 1. The molecule has 6 heteroatoms. The van der Waals surface area contributed by atoms with Gasteiger partial charge in [-0.1, -0.05) is 33.1 Å². The van der Waals surface area contributed by atoms with E-state index in [-0.39, 0.29) is 12.1 Å². The van der Waals surface area contributed by atoms with Crippen LogP contribution >= 0.6 is 0 Å². The maximum atomic E-state index is 11.9. The second kappa shape index (κ2) is 9.60. The Morgan fingerprint density at radius 2 is 1.81 bits per heavy atom. The van der Waals surface area contributed by atoms with Gasteiger partial charge >= 0.3 is 12.0 Å². The molecule has 1 rings (SSSR count). The summed E-state index contributed by atoms with van der Waals surface area (Å²) in [5.74, 6) is -1.26. The van der Waals surface area contributed by atoms with Gasteiger partial charge in [0.1, 0.15) is 0 Å². The summed E-state index contributed by atoms with van der Waals surface area (Å²) >= 11 is 0. The zero-order valence-corrected chi connectivity index (χ0v) is 13.2. The van der Waals surface area contributed by atoms with Gasteiger partial charge in [-0.25, -0.2) is 4.79 Å². The standard InChI is InChI=1S/C15H29N3O3/c1-3-18(4-2)11-10-16-15(21)17-13-9-7-5-6-8-12(13)14(19)20/h12-13H,3-11H2,1-2H3,(H,19,20)(H2,16,17,21). The van der Waals surface area contributed by atoms with Gasteiger partial charge in [-0.2, -0.15) is 0 Å². The molecule has 2 unspecified atom stereocenters. The minimum Gasteiger partial charge on any atom is -0.481 e. The Bertz CT molecular complexity index is 332. The van der Waals surface area contributed by atoms with Crippen molar-refractivity contribution in [2.75, 3.05) is 26.2 Å².